The minimum Gasteiger partial charge on any atom is -0.316 e. The van der Waals surface area contributed by atoms with E-state index in [-0.39, 0.29) is 7.21 Å². The molecular formula is C14H25NOS2. The van der Waals surface area contributed by atoms with Gasteiger partial charge in [0, 0.05) is 25.0 Å². The van der Waals surface area contributed by atoms with Crippen molar-refractivity contribution in [3.8, 4) is 0 Å². The highest BCUT2D eigenvalue weighted by atomic mass is 33.1. The molecule has 0 aromatic heterocycles. The molecule has 1 aromatic carbocycles. The van der Waals surface area contributed by atoms with E-state index in [9.17, 15) is 4.79 Å². The molecule has 0 aliphatic carbocycles. The summed E-state index contributed by atoms with van der Waals surface area (Å²) in [6, 6.07) is 8.50. The summed E-state index contributed by atoms with van der Waals surface area (Å²) in [5.74, 6) is 1.15. The molecule has 104 valence electrons. The SMILES string of the molecule is CC.CNCc1ccc(SSCCC(C)=O)cc1.[HH]. The molecule has 0 aliphatic heterocycles. The van der Waals surface area contributed by atoms with E-state index in [4.69, 9.17) is 0 Å². The van der Waals surface area contributed by atoms with Crippen molar-refractivity contribution in [2.75, 3.05) is 12.8 Å². The summed E-state index contributed by atoms with van der Waals surface area (Å²) in [5, 5.41) is 3.12. The summed E-state index contributed by atoms with van der Waals surface area (Å²) in [6.45, 7) is 6.54. The van der Waals surface area contributed by atoms with Crippen LogP contribution in [0.15, 0.2) is 29.2 Å². The Morgan fingerprint density at radius 3 is 2.39 bits per heavy atom. The average Bonchev–Trinajstić information content (AvgIpc) is 2.39. The van der Waals surface area contributed by atoms with Gasteiger partial charge in [0.2, 0.25) is 0 Å². The van der Waals surface area contributed by atoms with Crippen LogP contribution < -0.4 is 5.32 Å². The van der Waals surface area contributed by atoms with E-state index in [1.54, 1.807) is 28.5 Å². The average molecular weight is 287 g/mol. The van der Waals surface area contributed by atoms with Gasteiger partial charge >= 0.3 is 0 Å². The molecule has 0 amide bonds. The fourth-order valence-electron chi connectivity index (χ4n) is 1.16. The molecule has 0 unspecified atom stereocenters. The number of hydrogen-bond acceptors (Lipinski definition) is 4. The molecule has 1 rings (SSSR count). The van der Waals surface area contributed by atoms with E-state index in [1.165, 1.54) is 10.5 Å². The summed E-state index contributed by atoms with van der Waals surface area (Å²) >= 11 is 0. The van der Waals surface area contributed by atoms with Crippen LogP contribution in [0.5, 0.6) is 0 Å². The maximum absolute atomic E-state index is 10.7. The molecule has 4 heteroatoms. The summed E-state index contributed by atoms with van der Waals surface area (Å²) in [6.07, 6.45) is 0.662. The van der Waals surface area contributed by atoms with Gasteiger partial charge in [-0.25, -0.2) is 0 Å². The zero-order valence-corrected chi connectivity index (χ0v) is 13.3. The molecule has 0 atom stereocenters. The zero-order chi connectivity index (χ0) is 13.8. The number of carbonyl (C=O) groups is 1. The highest BCUT2D eigenvalue weighted by molar-refractivity contribution is 8.76. The van der Waals surface area contributed by atoms with E-state index in [2.05, 4.69) is 29.6 Å². The Hall–Kier alpha value is -0.450. The second kappa shape index (κ2) is 11.6. The first kappa shape index (κ1) is 17.6. The van der Waals surface area contributed by atoms with Crippen LogP contribution in [0.25, 0.3) is 0 Å². The smallest absolute Gasteiger partial charge is 0.130 e. The summed E-state index contributed by atoms with van der Waals surface area (Å²) in [4.78, 5) is 12.0. The summed E-state index contributed by atoms with van der Waals surface area (Å²) in [5.41, 5.74) is 1.29. The van der Waals surface area contributed by atoms with Crippen molar-refractivity contribution in [1.82, 2.24) is 5.32 Å². The molecule has 0 saturated carbocycles. The van der Waals surface area contributed by atoms with Gasteiger partial charge in [-0.2, -0.15) is 0 Å². The number of rotatable bonds is 7. The van der Waals surface area contributed by atoms with Crippen molar-refractivity contribution in [2.24, 2.45) is 0 Å². The molecule has 0 radical (unpaired) electrons. The van der Waals surface area contributed by atoms with Crippen molar-refractivity contribution in [3.05, 3.63) is 29.8 Å². The summed E-state index contributed by atoms with van der Waals surface area (Å²) < 4.78 is 0. The Morgan fingerprint density at radius 2 is 1.89 bits per heavy atom. The van der Waals surface area contributed by atoms with Crippen LogP contribution in [-0.4, -0.2) is 18.6 Å². The fourth-order valence-corrected chi connectivity index (χ4v) is 3.24. The molecule has 0 heterocycles. The van der Waals surface area contributed by atoms with E-state index >= 15 is 0 Å². The van der Waals surface area contributed by atoms with Crippen molar-refractivity contribution in [3.63, 3.8) is 0 Å². The minimum atomic E-state index is 0. The third-order valence-electron chi connectivity index (χ3n) is 2.00. The minimum absolute atomic E-state index is 0. The fraction of sp³-hybridized carbons (Fsp3) is 0.500. The number of nitrogens with one attached hydrogen (secondary N) is 1. The van der Waals surface area contributed by atoms with Gasteiger partial charge in [0.05, 0.1) is 0 Å². The largest absolute Gasteiger partial charge is 0.316 e. The molecule has 0 spiro atoms. The van der Waals surface area contributed by atoms with Gasteiger partial charge in [-0.3, -0.25) is 4.79 Å². The first-order valence-corrected chi connectivity index (χ1v) is 8.56. The third-order valence-corrected chi connectivity index (χ3v) is 4.38. The van der Waals surface area contributed by atoms with Crippen LogP contribution in [0.3, 0.4) is 0 Å². The van der Waals surface area contributed by atoms with Crippen LogP contribution in [0.1, 0.15) is 34.2 Å². The lowest BCUT2D eigenvalue weighted by molar-refractivity contribution is -0.116. The molecule has 0 saturated heterocycles. The summed E-state index contributed by atoms with van der Waals surface area (Å²) in [7, 11) is 5.41. The van der Waals surface area contributed by atoms with Gasteiger partial charge < -0.3 is 5.32 Å². The number of benzene rings is 1. The first-order valence-electron chi connectivity index (χ1n) is 6.25. The highest BCUT2D eigenvalue weighted by Crippen LogP contribution is 2.31. The van der Waals surface area contributed by atoms with Crippen molar-refractivity contribution in [2.45, 2.75) is 38.6 Å². The molecule has 1 N–H and O–H groups in total. The van der Waals surface area contributed by atoms with Crippen molar-refractivity contribution >= 4 is 27.4 Å². The standard InChI is InChI=1S/C12H17NOS2.C2H6.H2/c1-10(14)7-8-15-16-12-5-3-11(4-6-12)9-13-2;1-2;/h3-6,13H,7-9H2,1-2H3;1-2H3;1H. The quantitative estimate of drug-likeness (QED) is 0.594. The van der Waals surface area contributed by atoms with Crippen LogP contribution in [0, 0.1) is 0 Å². The highest BCUT2D eigenvalue weighted by Gasteiger charge is 1.97. The number of ketones is 1. The molecule has 0 aliphatic rings. The maximum atomic E-state index is 10.7. The Bertz CT molecular complexity index is 331. The van der Waals surface area contributed by atoms with Crippen LogP contribution in [0.4, 0.5) is 0 Å². The van der Waals surface area contributed by atoms with E-state index in [0.29, 0.717) is 6.42 Å². The number of carbonyl (C=O) groups excluding carboxylic acids is 1. The molecule has 18 heavy (non-hydrogen) atoms. The lowest BCUT2D eigenvalue weighted by atomic mass is 10.2. The van der Waals surface area contributed by atoms with Gasteiger partial charge in [0.15, 0.2) is 0 Å². The number of hydrogen-bond donors (Lipinski definition) is 1. The zero-order valence-electron chi connectivity index (χ0n) is 11.7. The predicted molar refractivity (Wildman–Crippen MR) is 86.3 cm³/mol. The Balaban J connectivity index is 0. The molecule has 0 fully saturated rings. The topological polar surface area (TPSA) is 29.1 Å². The monoisotopic (exact) mass is 287 g/mol. The first-order chi connectivity index (χ1) is 8.72. The lowest BCUT2D eigenvalue weighted by Gasteiger charge is -2.02. The third kappa shape index (κ3) is 8.61. The molecule has 0 bridgehead atoms. The normalized spacial score (nSPS) is 9.56. The Morgan fingerprint density at radius 1 is 1.28 bits per heavy atom. The van der Waals surface area contributed by atoms with Crippen LogP contribution in [0.2, 0.25) is 0 Å². The second-order valence-electron chi connectivity index (χ2n) is 3.53. The van der Waals surface area contributed by atoms with Gasteiger partial charge in [-0.15, -0.1) is 0 Å². The van der Waals surface area contributed by atoms with Crippen molar-refractivity contribution in [1.29, 1.82) is 0 Å². The van der Waals surface area contributed by atoms with Gasteiger partial charge in [-0.05, 0) is 31.7 Å². The second-order valence-corrected chi connectivity index (χ2v) is 6.02. The van der Waals surface area contributed by atoms with Gasteiger partial charge in [0.1, 0.15) is 5.78 Å². The lowest BCUT2D eigenvalue weighted by Crippen LogP contribution is -2.04. The predicted octanol–water partition coefficient (Wildman–Crippen LogP) is 4.40. The van der Waals surface area contributed by atoms with Crippen LogP contribution >= 0.6 is 21.6 Å². The molecule has 2 nitrogen and oxygen atoms in total. The van der Waals surface area contributed by atoms with Crippen LogP contribution in [-0.2, 0) is 11.3 Å². The van der Waals surface area contributed by atoms with Gasteiger partial charge in [-0.1, -0.05) is 47.6 Å². The molecular weight excluding hydrogens is 262 g/mol. The van der Waals surface area contributed by atoms with E-state index < -0.39 is 0 Å². The Kier molecular flexibility index (Phi) is 11.3. The molecule has 1 aromatic rings. The van der Waals surface area contributed by atoms with Gasteiger partial charge in [0.25, 0.3) is 0 Å². The Labute approximate surface area is 120 Å². The van der Waals surface area contributed by atoms with E-state index in [0.717, 1.165) is 12.3 Å². The number of Topliss-reactive ketones (excluding diaryl/α,β-unsaturated/α-hetero) is 1. The van der Waals surface area contributed by atoms with Crippen molar-refractivity contribution < 1.29 is 6.22 Å². The maximum Gasteiger partial charge on any atom is 0.130 e. The van der Waals surface area contributed by atoms with E-state index in [1.807, 2.05) is 20.9 Å².